The van der Waals surface area contributed by atoms with Crippen molar-refractivity contribution in [3.8, 4) is 44.9 Å². The van der Waals surface area contributed by atoms with Crippen molar-refractivity contribution in [1.82, 2.24) is 0 Å². The molecule has 0 radical (unpaired) electrons. The lowest BCUT2D eigenvalue weighted by molar-refractivity contribution is -0.144. The molecule has 2 unspecified atom stereocenters. The summed E-state index contributed by atoms with van der Waals surface area (Å²) >= 11 is 0. The van der Waals surface area contributed by atoms with E-state index in [1.165, 1.54) is 0 Å². The van der Waals surface area contributed by atoms with Gasteiger partial charge in [-0.15, -0.1) is 0 Å². The molecule has 0 fully saturated rings. The average molecular weight is 727 g/mol. The van der Waals surface area contributed by atoms with E-state index in [1.807, 2.05) is 48.5 Å². The molecule has 0 bridgehead atoms. The number of hydrogen-bond acceptors (Lipinski definition) is 6. The Bertz CT molecular complexity index is 2180. The largest absolute Gasteiger partial charge is 0.489 e. The molecule has 0 saturated carbocycles. The quantitative estimate of drug-likeness (QED) is 0.0821. The second-order valence-electron chi connectivity index (χ2n) is 13.5. The summed E-state index contributed by atoms with van der Waals surface area (Å²) in [4.78, 5) is 23.8. The van der Waals surface area contributed by atoms with Crippen LogP contribution in [-0.2, 0) is 24.5 Å². The third-order valence-corrected chi connectivity index (χ3v) is 9.86. The summed E-state index contributed by atoms with van der Waals surface area (Å²) < 4.78 is 23.6. The Morgan fingerprint density at radius 1 is 0.527 bits per heavy atom. The lowest BCUT2D eigenvalue weighted by Crippen LogP contribution is -2.29. The third kappa shape index (κ3) is 7.32. The van der Waals surface area contributed by atoms with Crippen LogP contribution < -0.4 is 9.47 Å². The fraction of sp³-hybridized carbons (Fsp3) is 0.143. The molecule has 6 nitrogen and oxygen atoms in total. The fourth-order valence-electron chi connectivity index (χ4n) is 7.46. The molecule has 6 heteroatoms. The molecule has 0 amide bonds. The predicted octanol–water partition coefficient (Wildman–Crippen LogP) is 10.4. The zero-order valence-electron chi connectivity index (χ0n) is 30.9. The van der Waals surface area contributed by atoms with Crippen LogP contribution in [0.25, 0.3) is 33.4 Å². The van der Waals surface area contributed by atoms with Crippen LogP contribution in [-0.4, -0.2) is 37.4 Å². The molecule has 0 spiro atoms. The van der Waals surface area contributed by atoms with Gasteiger partial charge in [-0.05, 0) is 82.6 Å². The Morgan fingerprint density at radius 2 is 0.909 bits per heavy atom. The highest BCUT2D eigenvalue weighted by Crippen LogP contribution is 2.57. The second kappa shape index (κ2) is 16.1. The van der Waals surface area contributed by atoms with Gasteiger partial charge in [0.05, 0.1) is 5.41 Å². The van der Waals surface area contributed by atoms with Gasteiger partial charge >= 0.3 is 11.9 Å². The molecule has 0 saturated heterocycles. The molecule has 6 aromatic carbocycles. The minimum absolute atomic E-state index is 0.170. The number of benzene rings is 6. The van der Waals surface area contributed by atoms with Crippen LogP contribution in [0.3, 0.4) is 0 Å². The van der Waals surface area contributed by atoms with Gasteiger partial charge in [-0.1, -0.05) is 134 Å². The minimum Gasteiger partial charge on any atom is -0.489 e. The fourth-order valence-corrected chi connectivity index (χ4v) is 7.46. The van der Waals surface area contributed by atoms with E-state index in [-0.39, 0.29) is 13.2 Å². The van der Waals surface area contributed by atoms with E-state index >= 15 is 0 Å². The first kappa shape index (κ1) is 36.7. The summed E-state index contributed by atoms with van der Waals surface area (Å²) in [6, 6.07) is 50.3. The first-order valence-corrected chi connectivity index (χ1v) is 18.3. The summed E-state index contributed by atoms with van der Waals surface area (Å²) in [5, 5.41) is 0. The number of hydrogen-bond donors (Lipinski definition) is 0. The minimum atomic E-state index is -0.739. The van der Waals surface area contributed by atoms with Crippen molar-refractivity contribution in [2.75, 3.05) is 13.2 Å². The van der Waals surface area contributed by atoms with Crippen molar-refractivity contribution in [2.45, 2.75) is 31.5 Å². The Balaban J connectivity index is 1.43. The molecular weight excluding hydrogens is 685 g/mol. The molecule has 1 aliphatic carbocycles. The van der Waals surface area contributed by atoms with Crippen LogP contribution in [0.4, 0.5) is 0 Å². The maximum Gasteiger partial charge on any atom is 0.330 e. The molecule has 2 atom stereocenters. The molecule has 274 valence electrons. The first-order chi connectivity index (χ1) is 26.8. The van der Waals surface area contributed by atoms with E-state index in [2.05, 4.69) is 110 Å². The highest BCUT2D eigenvalue weighted by atomic mass is 16.6. The molecule has 0 aliphatic heterocycles. The third-order valence-electron chi connectivity index (χ3n) is 9.86. The van der Waals surface area contributed by atoms with Crippen LogP contribution in [0.2, 0.25) is 0 Å². The van der Waals surface area contributed by atoms with E-state index < -0.39 is 29.6 Å². The van der Waals surface area contributed by atoms with E-state index in [0.717, 1.165) is 67.8 Å². The summed E-state index contributed by atoms with van der Waals surface area (Å²) in [6.07, 6.45) is 1.34. The smallest absolute Gasteiger partial charge is 0.330 e. The molecule has 1 aliphatic rings. The highest BCUT2D eigenvalue weighted by Gasteiger charge is 2.46. The van der Waals surface area contributed by atoms with Gasteiger partial charge in [0, 0.05) is 23.3 Å². The van der Waals surface area contributed by atoms with Gasteiger partial charge in [0.1, 0.15) is 36.9 Å². The van der Waals surface area contributed by atoms with Crippen LogP contribution in [0.1, 0.15) is 36.1 Å². The summed E-state index contributed by atoms with van der Waals surface area (Å²) in [7, 11) is 0. The Morgan fingerprint density at radius 3 is 1.31 bits per heavy atom. The van der Waals surface area contributed by atoms with E-state index in [4.69, 9.17) is 18.9 Å². The van der Waals surface area contributed by atoms with Gasteiger partial charge in [0.15, 0.2) is 0 Å². The average Bonchev–Trinajstić information content (AvgIpc) is 3.53. The van der Waals surface area contributed by atoms with Crippen molar-refractivity contribution >= 4 is 11.9 Å². The van der Waals surface area contributed by atoms with E-state index in [0.29, 0.717) is 11.5 Å². The SMILES string of the molecule is C=CC(=O)OC(C)COc1ccc(C2(c3ccc(OCC(C)OC(=O)C=C)c(-c4ccccc4)c3)c3ccccc3-c3ccccc32)cc1-c1ccccc1. The van der Waals surface area contributed by atoms with Crippen LogP contribution in [0.5, 0.6) is 11.5 Å². The number of ether oxygens (including phenoxy) is 4. The lowest BCUT2D eigenvalue weighted by atomic mass is 9.67. The molecule has 55 heavy (non-hydrogen) atoms. The Kier molecular flexibility index (Phi) is 10.8. The summed E-state index contributed by atoms with van der Waals surface area (Å²) in [6.45, 7) is 11.0. The predicted molar refractivity (Wildman–Crippen MR) is 217 cm³/mol. The molecule has 7 rings (SSSR count). The maximum atomic E-state index is 11.9. The standard InChI is InChI=1S/C49H42O6/c1-5-47(50)54-33(3)31-52-45-27-25-37(29-41(45)35-17-9-7-10-18-35)49(43-23-15-13-21-39(43)40-22-14-16-24-44(40)49)38-26-28-46(53-32-34(4)55-48(51)6-2)42(30-38)36-19-11-8-12-20-36/h5-30,33-34H,1-2,31-32H2,3-4H3. The molecule has 6 aromatic rings. The van der Waals surface area contributed by atoms with Crippen LogP contribution in [0, 0.1) is 0 Å². The van der Waals surface area contributed by atoms with Gasteiger partial charge in [-0.25, -0.2) is 9.59 Å². The van der Waals surface area contributed by atoms with Gasteiger partial charge in [-0.3, -0.25) is 0 Å². The van der Waals surface area contributed by atoms with Gasteiger partial charge in [-0.2, -0.15) is 0 Å². The molecule has 0 aromatic heterocycles. The lowest BCUT2D eigenvalue weighted by Gasteiger charge is -2.35. The van der Waals surface area contributed by atoms with E-state index in [9.17, 15) is 9.59 Å². The number of carbonyl (C=O) groups is 2. The van der Waals surface area contributed by atoms with Gasteiger partial charge in [0.2, 0.25) is 0 Å². The molecule has 0 N–H and O–H groups in total. The van der Waals surface area contributed by atoms with Crippen molar-refractivity contribution in [3.63, 3.8) is 0 Å². The normalized spacial score (nSPS) is 13.3. The second-order valence-corrected chi connectivity index (χ2v) is 13.5. The summed E-state index contributed by atoms with van der Waals surface area (Å²) in [5.41, 5.74) is 9.82. The van der Waals surface area contributed by atoms with E-state index in [1.54, 1.807) is 13.8 Å². The van der Waals surface area contributed by atoms with Crippen LogP contribution in [0.15, 0.2) is 171 Å². The highest BCUT2D eigenvalue weighted by molar-refractivity contribution is 5.88. The van der Waals surface area contributed by atoms with Crippen molar-refractivity contribution in [1.29, 1.82) is 0 Å². The number of esters is 2. The van der Waals surface area contributed by atoms with Crippen molar-refractivity contribution in [2.24, 2.45) is 0 Å². The zero-order valence-corrected chi connectivity index (χ0v) is 30.9. The monoisotopic (exact) mass is 726 g/mol. The number of carbonyl (C=O) groups excluding carboxylic acids is 2. The summed E-state index contributed by atoms with van der Waals surface area (Å²) in [5.74, 6) is 0.358. The van der Waals surface area contributed by atoms with Crippen molar-refractivity contribution < 1.29 is 28.5 Å². The zero-order chi connectivity index (χ0) is 38.4. The molecule has 0 heterocycles. The number of rotatable bonds is 14. The number of fused-ring (bicyclic) bond motifs is 3. The maximum absolute atomic E-state index is 11.9. The first-order valence-electron chi connectivity index (χ1n) is 18.3. The molecular formula is C49H42O6. The van der Waals surface area contributed by atoms with Crippen molar-refractivity contribution in [3.05, 3.63) is 193 Å². The van der Waals surface area contributed by atoms with Gasteiger partial charge < -0.3 is 18.9 Å². The van der Waals surface area contributed by atoms with Crippen LogP contribution >= 0.6 is 0 Å². The Hall–Kier alpha value is -6.66. The Labute approximate surface area is 322 Å². The van der Waals surface area contributed by atoms with Gasteiger partial charge in [0.25, 0.3) is 0 Å². The topological polar surface area (TPSA) is 71.1 Å².